The van der Waals surface area contributed by atoms with E-state index in [1.165, 1.54) is 4.90 Å². The van der Waals surface area contributed by atoms with Crippen LogP contribution < -0.4 is 5.32 Å². The lowest BCUT2D eigenvalue weighted by Crippen LogP contribution is -2.33. The topological polar surface area (TPSA) is 70.4 Å². The first-order chi connectivity index (χ1) is 10.9. The summed E-state index contributed by atoms with van der Waals surface area (Å²) in [5.41, 5.74) is 1.71. The van der Waals surface area contributed by atoms with E-state index in [2.05, 4.69) is 10.4 Å². The molecular formula is C16H21ClN4O2. The van der Waals surface area contributed by atoms with Gasteiger partial charge in [0.1, 0.15) is 0 Å². The summed E-state index contributed by atoms with van der Waals surface area (Å²) in [5.74, 6) is 0. The molecule has 0 saturated heterocycles. The van der Waals surface area contributed by atoms with E-state index in [1.807, 2.05) is 24.3 Å². The summed E-state index contributed by atoms with van der Waals surface area (Å²) >= 11 is 5.86. The summed E-state index contributed by atoms with van der Waals surface area (Å²) in [5, 5.41) is 17.0. The zero-order chi connectivity index (χ0) is 16.8. The van der Waals surface area contributed by atoms with Crippen molar-refractivity contribution < 1.29 is 9.90 Å². The third kappa shape index (κ3) is 5.58. The number of amides is 2. The van der Waals surface area contributed by atoms with E-state index >= 15 is 0 Å². The van der Waals surface area contributed by atoms with Gasteiger partial charge in [0.15, 0.2) is 0 Å². The minimum atomic E-state index is -0.424. The smallest absolute Gasteiger partial charge is 0.321 e. The summed E-state index contributed by atoms with van der Waals surface area (Å²) in [6, 6.07) is 7.31. The van der Waals surface area contributed by atoms with Crippen molar-refractivity contribution in [3.63, 3.8) is 0 Å². The first kappa shape index (κ1) is 17.3. The zero-order valence-electron chi connectivity index (χ0n) is 13.2. The molecule has 0 spiro atoms. The first-order valence-electron chi connectivity index (χ1n) is 7.41. The highest BCUT2D eigenvalue weighted by Crippen LogP contribution is 2.12. The second-order valence-corrected chi connectivity index (χ2v) is 5.98. The number of carbonyl (C=O) groups excluding carboxylic acids is 1. The highest BCUT2D eigenvalue weighted by atomic mass is 35.5. The van der Waals surface area contributed by atoms with Crippen LogP contribution in [0.5, 0.6) is 0 Å². The van der Waals surface area contributed by atoms with Crippen molar-refractivity contribution in [2.45, 2.75) is 26.0 Å². The summed E-state index contributed by atoms with van der Waals surface area (Å²) in [4.78, 5) is 13.5. The number of anilines is 1. The molecule has 23 heavy (non-hydrogen) atoms. The number of aliphatic hydroxyl groups excluding tert-OH is 1. The fraction of sp³-hybridized carbons (Fsp3) is 0.375. The molecule has 0 bridgehead atoms. The van der Waals surface area contributed by atoms with Crippen LogP contribution in [-0.4, -0.2) is 45.5 Å². The summed E-state index contributed by atoms with van der Waals surface area (Å²) in [6.07, 6.45) is 3.50. The molecule has 7 heteroatoms. The Balaban J connectivity index is 1.89. The predicted octanol–water partition coefficient (Wildman–Crippen LogP) is 2.82. The normalized spacial score (nSPS) is 12.0. The van der Waals surface area contributed by atoms with Gasteiger partial charge >= 0.3 is 6.03 Å². The van der Waals surface area contributed by atoms with Crippen molar-refractivity contribution in [1.29, 1.82) is 0 Å². The molecule has 0 fully saturated rings. The van der Waals surface area contributed by atoms with E-state index in [0.29, 0.717) is 30.2 Å². The number of rotatable bonds is 6. The van der Waals surface area contributed by atoms with Crippen LogP contribution in [0.3, 0.4) is 0 Å². The van der Waals surface area contributed by atoms with Crippen LogP contribution in [0.1, 0.15) is 18.9 Å². The number of nitrogens with zero attached hydrogens (tertiary/aromatic N) is 3. The lowest BCUT2D eigenvalue weighted by Gasteiger charge is -2.17. The average molecular weight is 337 g/mol. The molecule has 0 aliphatic carbocycles. The quantitative estimate of drug-likeness (QED) is 0.852. The zero-order valence-corrected chi connectivity index (χ0v) is 14.0. The maximum absolute atomic E-state index is 12.0. The highest BCUT2D eigenvalue weighted by molar-refractivity contribution is 6.30. The van der Waals surface area contributed by atoms with Gasteiger partial charge < -0.3 is 15.3 Å². The third-order valence-electron chi connectivity index (χ3n) is 3.37. The molecule has 1 atom stereocenters. The van der Waals surface area contributed by atoms with E-state index in [1.54, 1.807) is 31.0 Å². The summed E-state index contributed by atoms with van der Waals surface area (Å²) in [7, 11) is 1.69. The largest absolute Gasteiger partial charge is 0.393 e. The minimum absolute atomic E-state index is 0.225. The van der Waals surface area contributed by atoms with Gasteiger partial charge in [0, 0.05) is 24.8 Å². The Bertz CT molecular complexity index is 640. The predicted molar refractivity (Wildman–Crippen MR) is 90.7 cm³/mol. The Morgan fingerprint density at radius 2 is 2.13 bits per heavy atom. The number of urea groups is 1. The number of aromatic nitrogens is 2. The van der Waals surface area contributed by atoms with Gasteiger partial charge in [0.25, 0.3) is 0 Å². The van der Waals surface area contributed by atoms with Crippen LogP contribution in [0.4, 0.5) is 10.5 Å². The van der Waals surface area contributed by atoms with Gasteiger partial charge in [-0.25, -0.2) is 4.79 Å². The lowest BCUT2D eigenvalue weighted by atomic mass is 10.2. The Kier molecular flexibility index (Phi) is 6.01. The van der Waals surface area contributed by atoms with Crippen molar-refractivity contribution in [3.05, 3.63) is 47.2 Å². The Labute approximate surface area is 140 Å². The maximum atomic E-state index is 12.0. The van der Waals surface area contributed by atoms with Crippen molar-refractivity contribution in [2.24, 2.45) is 0 Å². The van der Waals surface area contributed by atoms with E-state index < -0.39 is 6.10 Å². The Morgan fingerprint density at radius 1 is 1.43 bits per heavy atom. The van der Waals surface area contributed by atoms with Gasteiger partial charge in [-0.05, 0) is 31.0 Å². The second-order valence-electron chi connectivity index (χ2n) is 5.54. The molecule has 1 aromatic carbocycles. The van der Waals surface area contributed by atoms with E-state index in [9.17, 15) is 9.90 Å². The standard InChI is InChI=1S/C16H21ClN4O2/c1-12(22)7-8-20(2)16(23)19-15-9-18-21(11-15)10-13-3-5-14(17)6-4-13/h3-6,9,11-12,22H,7-8,10H2,1-2H3,(H,19,23)/t12-/m1/s1. The molecular weight excluding hydrogens is 316 g/mol. The van der Waals surface area contributed by atoms with Crippen molar-refractivity contribution in [1.82, 2.24) is 14.7 Å². The van der Waals surface area contributed by atoms with E-state index in [-0.39, 0.29) is 6.03 Å². The molecule has 1 aromatic heterocycles. The average Bonchev–Trinajstić information content (AvgIpc) is 2.94. The molecule has 2 rings (SSSR count). The van der Waals surface area contributed by atoms with Gasteiger partial charge in [0.2, 0.25) is 0 Å². The fourth-order valence-corrected chi connectivity index (χ4v) is 2.12. The Hall–Kier alpha value is -2.05. The molecule has 0 unspecified atom stereocenters. The molecule has 0 aliphatic rings. The van der Waals surface area contributed by atoms with Crippen LogP contribution in [-0.2, 0) is 6.54 Å². The molecule has 0 aliphatic heterocycles. The van der Waals surface area contributed by atoms with Crippen LogP contribution in [0.2, 0.25) is 5.02 Å². The number of carbonyl (C=O) groups is 1. The number of hydrogen-bond donors (Lipinski definition) is 2. The molecule has 0 saturated carbocycles. The number of hydrogen-bond acceptors (Lipinski definition) is 3. The number of benzene rings is 1. The van der Waals surface area contributed by atoms with Gasteiger partial charge in [0.05, 0.1) is 24.5 Å². The highest BCUT2D eigenvalue weighted by Gasteiger charge is 2.10. The molecule has 2 amide bonds. The Morgan fingerprint density at radius 3 is 2.78 bits per heavy atom. The summed E-state index contributed by atoms with van der Waals surface area (Å²) in [6.45, 7) is 2.79. The molecule has 1 heterocycles. The first-order valence-corrected chi connectivity index (χ1v) is 7.79. The van der Waals surface area contributed by atoms with E-state index in [4.69, 9.17) is 11.6 Å². The van der Waals surface area contributed by atoms with Crippen molar-refractivity contribution in [3.8, 4) is 0 Å². The van der Waals surface area contributed by atoms with Crippen LogP contribution in [0, 0.1) is 0 Å². The maximum Gasteiger partial charge on any atom is 0.321 e. The minimum Gasteiger partial charge on any atom is -0.393 e. The molecule has 124 valence electrons. The van der Waals surface area contributed by atoms with Crippen LogP contribution >= 0.6 is 11.6 Å². The van der Waals surface area contributed by atoms with Crippen LogP contribution in [0.15, 0.2) is 36.7 Å². The number of aliphatic hydroxyl groups is 1. The van der Waals surface area contributed by atoms with Crippen LogP contribution in [0.25, 0.3) is 0 Å². The molecule has 6 nitrogen and oxygen atoms in total. The monoisotopic (exact) mass is 336 g/mol. The van der Waals surface area contributed by atoms with E-state index in [0.717, 1.165) is 5.56 Å². The SMILES string of the molecule is C[C@@H](O)CCN(C)C(=O)Nc1cnn(Cc2ccc(Cl)cc2)c1. The molecule has 0 radical (unpaired) electrons. The van der Waals surface area contributed by atoms with Gasteiger partial charge in [-0.15, -0.1) is 0 Å². The fourth-order valence-electron chi connectivity index (χ4n) is 1.99. The van der Waals surface area contributed by atoms with Gasteiger partial charge in [-0.1, -0.05) is 23.7 Å². The number of halogens is 1. The third-order valence-corrected chi connectivity index (χ3v) is 3.62. The molecule has 2 N–H and O–H groups in total. The lowest BCUT2D eigenvalue weighted by molar-refractivity contribution is 0.167. The summed E-state index contributed by atoms with van der Waals surface area (Å²) < 4.78 is 1.74. The van der Waals surface area contributed by atoms with Gasteiger partial charge in [-0.2, -0.15) is 5.10 Å². The van der Waals surface area contributed by atoms with Crippen molar-refractivity contribution in [2.75, 3.05) is 18.9 Å². The second kappa shape index (κ2) is 7.99. The van der Waals surface area contributed by atoms with Crippen molar-refractivity contribution >= 4 is 23.3 Å². The molecule has 2 aromatic rings. The van der Waals surface area contributed by atoms with Gasteiger partial charge in [-0.3, -0.25) is 4.68 Å². The number of nitrogens with one attached hydrogen (secondary N) is 1.